The molecule has 3 atom stereocenters. The Balaban J connectivity index is 1.62. The Morgan fingerprint density at radius 3 is 2.62 bits per heavy atom. The van der Waals surface area contributed by atoms with Crippen LogP contribution in [-0.2, 0) is 0 Å². The lowest BCUT2D eigenvalue weighted by Gasteiger charge is -2.34. The number of carbonyl (C=O) groups excluding carboxylic acids is 1. The van der Waals surface area contributed by atoms with Gasteiger partial charge in [0.25, 0.3) is 5.91 Å². The molecule has 0 spiro atoms. The zero-order valence-electron chi connectivity index (χ0n) is 19.8. The van der Waals surface area contributed by atoms with E-state index in [2.05, 4.69) is 19.2 Å². The zero-order chi connectivity index (χ0) is 23.8. The van der Waals surface area contributed by atoms with E-state index in [1.807, 2.05) is 43.3 Å². The lowest BCUT2D eigenvalue weighted by atomic mass is 9.78. The van der Waals surface area contributed by atoms with Crippen LogP contribution in [0.2, 0.25) is 0 Å². The number of aromatic nitrogens is 3. The maximum atomic E-state index is 14.1. The number of benzene rings is 2. The molecule has 1 aliphatic rings. The standard InChI is InChI=1S/C28H29FN4O/c1-17-9-7-14-23(19(17)3)31-28(34)24-15-18(2)25-26(20-10-5-4-6-11-20)32-33(27(25)30-24)22-13-8-12-21(29)16-22/h4-6,8,10-13,15-17,19,23H,7,9,14H2,1-3H3,(H,31,34)/t17-,19+,23-/m1/s1. The number of aryl methyl sites for hydroxylation is 1. The summed E-state index contributed by atoms with van der Waals surface area (Å²) in [4.78, 5) is 18.0. The highest BCUT2D eigenvalue weighted by Crippen LogP contribution is 2.33. The van der Waals surface area contributed by atoms with Crippen molar-refractivity contribution in [3.8, 4) is 16.9 Å². The van der Waals surface area contributed by atoms with Gasteiger partial charge in [-0.3, -0.25) is 4.79 Å². The predicted molar refractivity (Wildman–Crippen MR) is 132 cm³/mol. The smallest absolute Gasteiger partial charge is 0.270 e. The largest absolute Gasteiger partial charge is 0.348 e. The highest BCUT2D eigenvalue weighted by molar-refractivity contribution is 5.99. The van der Waals surface area contributed by atoms with E-state index >= 15 is 0 Å². The molecule has 2 heterocycles. The number of hydrogen-bond acceptors (Lipinski definition) is 3. The number of rotatable bonds is 4. The van der Waals surface area contributed by atoms with Crippen molar-refractivity contribution in [2.24, 2.45) is 11.8 Å². The number of hydrogen-bond donors (Lipinski definition) is 1. The van der Waals surface area contributed by atoms with Crippen LogP contribution in [0, 0.1) is 24.6 Å². The molecule has 34 heavy (non-hydrogen) atoms. The van der Waals surface area contributed by atoms with Gasteiger partial charge in [-0.25, -0.2) is 14.1 Å². The average molecular weight is 457 g/mol. The first-order chi connectivity index (χ1) is 16.4. The van der Waals surface area contributed by atoms with E-state index < -0.39 is 0 Å². The first kappa shape index (κ1) is 22.3. The maximum Gasteiger partial charge on any atom is 0.270 e. The van der Waals surface area contributed by atoms with Gasteiger partial charge in [-0.05, 0) is 55.0 Å². The van der Waals surface area contributed by atoms with Crippen LogP contribution >= 0.6 is 0 Å². The van der Waals surface area contributed by atoms with Crippen LogP contribution in [0.1, 0.15) is 49.2 Å². The Hall–Kier alpha value is -3.54. The maximum absolute atomic E-state index is 14.1. The van der Waals surface area contributed by atoms with E-state index in [0.717, 1.165) is 35.0 Å². The van der Waals surface area contributed by atoms with Gasteiger partial charge >= 0.3 is 0 Å². The van der Waals surface area contributed by atoms with Crippen LogP contribution < -0.4 is 5.32 Å². The van der Waals surface area contributed by atoms with Crippen molar-refractivity contribution in [3.05, 3.63) is 77.7 Å². The van der Waals surface area contributed by atoms with Crippen molar-refractivity contribution in [2.75, 3.05) is 0 Å². The molecule has 0 unspecified atom stereocenters. The average Bonchev–Trinajstić information content (AvgIpc) is 3.23. The van der Waals surface area contributed by atoms with Crippen LogP contribution in [0.3, 0.4) is 0 Å². The van der Waals surface area contributed by atoms with Gasteiger partial charge in [0.05, 0.1) is 11.1 Å². The monoisotopic (exact) mass is 456 g/mol. The molecule has 2 aromatic heterocycles. The van der Waals surface area contributed by atoms with Gasteiger partial charge in [-0.1, -0.05) is 63.1 Å². The summed E-state index contributed by atoms with van der Waals surface area (Å²) in [5, 5.41) is 8.90. The summed E-state index contributed by atoms with van der Waals surface area (Å²) in [7, 11) is 0. The quantitative estimate of drug-likeness (QED) is 0.404. The molecule has 0 saturated heterocycles. The van der Waals surface area contributed by atoms with E-state index in [1.54, 1.807) is 16.8 Å². The lowest BCUT2D eigenvalue weighted by Crippen LogP contribution is -2.44. The zero-order valence-corrected chi connectivity index (χ0v) is 19.8. The van der Waals surface area contributed by atoms with E-state index in [0.29, 0.717) is 28.9 Å². The third-order valence-corrected chi connectivity index (χ3v) is 7.19. The summed E-state index contributed by atoms with van der Waals surface area (Å²) in [6.07, 6.45) is 3.30. The molecule has 1 amide bonds. The van der Waals surface area contributed by atoms with Crippen molar-refractivity contribution in [1.82, 2.24) is 20.1 Å². The number of amides is 1. The van der Waals surface area contributed by atoms with Crippen molar-refractivity contribution in [1.29, 1.82) is 0 Å². The Morgan fingerprint density at radius 2 is 1.85 bits per heavy atom. The van der Waals surface area contributed by atoms with E-state index in [4.69, 9.17) is 10.1 Å². The molecule has 4 aromatic rings. The summed E-state index contributed by atoms with van der Waals surface area (Å²) < 4.78 is 15.7. The van der Waals surface area contributed by atoms with Crippen LogP contribution in [0.4, 0.5) is 4.39 Å². The first-order valence-electron chi connectivity index (χ1n) is 11.9. The van der Waals surface area contributed by atoms with Crippen molar-refractivity contribution >= 4 is 16.9 Å². The number of nitrogens with zero attached hydrogens (tertiary/aromatic N) is 3. The highest BCUT2D eigenvalue weighted by Gasteiger charge is 2.29. The molecular formula is C28H29FN4O. The third kappa shape index (κ3) is 4.09. The second-order valence-electron chi connectivity index (χ2n) is 9.48. The minimum atomic E-state index is -0.353. The topological polar surface area (TPSA) is 59.8 Å². The van der Waals surface area contributed by atoms with E-state index in [-0.39, 0.29) is 17.8 Å². The Morgan fingerprint density at radius 1 is 1.06 bits per heavy atom. The fourth-order valence-electron chi connectivity index (χ4n) is 5.03. The van der Waals surface area contributed by atoms with Crippen molar-refractivity contribution < 1.29 is 9.18 Å². The molecule has 5 rings (SSSR count). The second-order valence-corrected chi connectivity index (χ2v) is 9.48. The molecule has 0 bridgehead atoms. The Kier molecular flexibility index (Phi) is 5.90. The van der Waals surface area contributed by atoms with Crippen molar-refractivity contribution in [3.63, 3.8) is 0 Å². The summed E-state index contributed by atoms with van der Waals surface area (Å²) in [6.45, 7) is 6.43. The predicted octanol–water partition coefficient (Wildman–Crippen LogP) is 6.09. The van der Waals surface area contributed by atoms with Gasteiger partial charge in [0.2, 0.25) is 0 Å². The van der Waals surface area contributed by atoms with E-state index in [1.165, 1.54) is 18.6 Å². The van der Waals surface area contributed by atoms with Gasteiger partial charge in [0.1, 0.15) is 17.2 Å². The molecule has 1 N–H and O–H groups in total. The molecule has 0 radical (unpaired) electrons. The highest BCUT2D eigenvalue weighted by atomic mass is 19.1. The van der Waals surface area contributed by atoms with Gasteiger partial charge in [-0.2, -0.15) is 5.10 Å². The number of halogens is 1. The lowest BCUT2D eigenvalue weighted by molar-refractivity contribution is 0.0886. The summed E-state index contributed by atoms with van der Waals surface area (Å²) in [5.74, 6) is 0.474. The fraction of sp³-hybridized carbons (Fsp3) is 0.321. The number of pyridine rings is 1. The van der Waals surface area contributed by atoms with Gasteiger partial charge in [0, 0.05) is 11.6 Å². The number of fused-ring (bicyclic) bond motifs is 1. The fourth-order valence-corrected chi connectivity index (χ4v) is 5.03. The summed E-state index contributed by atoms with van der Waals surface area (Å²) in [5.41, 5.74) is 4.06. The first-order valence-corrected chi connectivity index (χ1v) is 11.9. The van der Waals surface area contributed by atoms with Crippen LogP contribution in [0.15, 0.2) is 60.7 Å². The third-order valence-electron chi connectivity index (χ3n) is 7.19. The van der Waals surface area contributed by atoms with Crippen molar-refractivity contribution in [2.45, 2.75) is 46.1 Å². The molecule has 174 valence electrons. The molecule has 1 fully saturated rings. The normalized spacial score (nSPS) is 20.4. The molecule has 0 aliphatic heterocycles. The molecule has 1 saturated carbocycles. The van der Waals surface area contributed by atoms with Crippen LogP contribution in [0.5, 0.6) is 0 Å². The second kappa shape index (κ2) is 9.01. The van der Waals surface area contributed by atoms with E-state index in [9.17, 15) is 9.18 Å². The summed E-state index contributed by atoms with van der Waals surface area (Å²) >= 11 is 0. The summed E-state index contributed by atoms with van der Waals surface area (Å²) in [6, 6.07) is 18.1. The molecule has 2 aromatic carbocycles. The molecule has 5 nitrogen and oxygen atoms in total. The van der Waals surface area contributed by atoms with Gasteiger partial charge < -0.3 is 5.32 Å². The Bertz CT molecular complexity index is 1350. The number of nitrogens with one attached hydrogen (secondary N) is 1. The SMILES string of the molecule is Cc1cc(C(=O)N[C@@H]2CCC[C@@H](C)[C@@H]2C)nc2c1c(-c1ccccc1)nn2-c1cccc(F)c1. The Labute approximate surface area is 199 Å². The minimum Gasteiger partial charge on any atom is -0.348 e. The molecule has 1 aliphatic carbocycles. The molecule has 6 heteroatoms. The van der Waals surface area contributed by atoms with Crippen LogP contribution in [-0.4, -0.2) is 26.7 Å². The number of carbonyl (C=O) groups is 1. The van der Waals surface area contributed by atoms with Gasteiger partial charge in [0.15, 0.2) is 5.65 Å². The molecular weight excluding hydrogens is 427 g/mol. The van der Waals surface area contributed by atoms with Crippen LogP contribution in [0.25, 0.3) is 28.0 Å². The minimum absolute atomic E-state index is 0.141. The van der Waals surface area contributed by atoms with Gasteiger partial charge in [-0.15, -0.1) is 0 Å².